The molecule has 0 saturated carbocycles. The maximum absolute atomic E-state index is 12.6. The number of ether oxygens (including phenoxy) is 3. The zero-order valence-electron chi connectivity index (χ0n) is 15.7. The molecule has 0 fully saturated rings. The minimum Gasteiger partial charge on any atom is -0.443 e. The van der Waals surface area contributed by atoms with E-state index in [2.05, 4.69) is 0 Å². The van der Waals surface area contributed by atoms with E-state index < -0.39 is 30.1 Å². The fraction of sp³-hybridized carbons (Fsp3) is 0.0870. The number of aliphatic hydroxyl groups excluding tert-OH is 1. The first-order chi connectivity index (χ1) is 14.5. The summed E-state index contributed by atoms with van der Waals surface area (Å²) in [4.78, 5) is 37.4. The molecule has 0 aromatic heterocycles. The zero-order chi connectivity index (χ0) is 21.3. The molecule has 2 unspecified atom stereocenters. The Morgan fingerprint density at radius 2 is 1.07 bits per heavy atom. The van der Waals surface area contributed by atoms with Gasteiger partial charge in [-0.05, 0) is 36.4 Å². The van der Waals surface area contributed by atoms with Gasteiger partial charge in [0.15, 0.2) is 0 Å². The van der Waals surface area contributed by atoms with Crippen molar-refractivity contribution in [3.8, 4) is 11.5 Å². The van der Waals surface area contributed by atoms with E-state index in [-0.39, 0.29) is 17.1 Å². The topological polar surface area (TPSA) is 99.1 Å². The van der Waals surface area contributed by atoms with Crippen LogP contribution in [0.5, 0.6) is 11.5 Å². The number of hydrogen-bond donors (Lipinski definition) is 1. The standard InChI is InChI=1S/C23H18O7/c24-19(22(26)28-17-12-6-2-7-13-17)20(23(27)29-18-14-8-3-9-15-18)30-21(25)16-10-4-1-5-11-16/h1-15,19-20,24H. The van der Waals surface area contributed by atoms with E-state index in [9.17, 15) is 19.5 Å². The Balaban J connectivity index is 1.79. The number of esters is 3. The molecule has 3 aromatic carbocycles. The third-order valence-electron chi connectivity index (χ3n) is 3.93. The molecule has 1 N–H and O–H groups in total. The fourth-order valence-corrected chi connectivity index (χ4v) is 2.45. The Labute approximate surface area is 172 Å². The van der Waals surface area contributed by atoms with Gasteiger partial charge in [0.25, 0.3) is 0 Å². The molecule has 3 aromatic rings. The van der Waals surface area contributed by atoms with E-state index in [1.807, 2.05) is 0 Å². The molecule has 0 bridgehead atoms. The van der Waals surface area contributed by atoms with Crippen LogP contribution in [0.2, 0.25) is 0 Å². The molecule has 2 atom stereocenters. The van der Waals surface area contributed by atoms with Gasteiger partial charge in [-0.3, -0.25) is 0 Å². The first-order valence-electron chi connectivity index (χ1n) is 9.02. The molecule has 0 saturated heterocycles. The first-order valence-corrected chi connectivity index (χ1v) is 9.02. The second-order valence-corrected chi connectivity index (χ2v) is 6.11. The van der Waals surface area contributed by atoms with Crippen LogP contribution < -0.4 is 9.47 Å². The Bertz CT molecular complexity index is 988. The average Bonchev–Trinajstić information content (AvgIpc) is 2.78. The summed E-state index contributed by atoms with van der Waals surface area (Å²) in [6, 6.07) is 23.8. The highest BCUT2D eigenvalue weighted by Gasteiger charge is 2.39. The summed E-state index contributed by atoms with van der Waals surface area (Å²) >= 11 is 0. The number of carbonyl (C=O) groups is 3. The van der Waals surface area contributed by atoms with Crippen molar-refractivity contribution in [3.05, 3.63) is 96.6 Å². The van der Waals surface area contributed by atoms with Crippen LogP contribution >= 0.6 is 0 Å². The van der Waals surface area contributed by atoms with Crippen LogP contribution in [0.1, 0.15) is 10.4 Å². The summed E-state index contributed by atoms with van der Waals surface area (Å²) in [5.41, 5.74) is 0.138. The summed E-state index contributed by atoms with van der Waals surface area (Å²) in [6.07, 6.45) is -4.04. The van der Waals surface area contributed by atoms with Crippen LogP contribution in [-0.2, 0) is 14.3 Å². The van der Waals surface area contributed by atoms with E-state index >= 15 is 0 Å². The summed E-state index contributed by atoms with van der Waals surface area (Å²) in [6.45, 7) is 0. The van der Waals surface area contributed by atoms with E-state index in [0.717, 1.165) is 0 Å². The van der Waals surface area contributed by atoms with Crippen LogP contribution in [0.15, 0.2) is 91.0 Å². The highest BCUT2D eigenvalue weighted by Crippen LogP contribution is 2.16. The predicted octanol–water partition coefficient (Wildman–Crippen LogP) is 2.78. The van der Waals surface area contributed by atoms with Crippen molar-refractivity contribution in [2.24, 2.45) is 0 Å². The third kappa shape index (κ3) is 5.52. The molecular formula is C23H18O7. The maximum atomic E-state index is 12.6. The number of hydrogen-bond acceptors (Lipinski definition) is 7. The van der Waals surface area contributed by atoms with E-state index in [0.29, 0.717) is 0 Å². The normalized spacial score (nSPS) is 12.3. The van der Waals surface area contributed by atoms with Crippen molar-refractivity contribution < 1.29 is 33.7 Å². The molecule has 7 heteroatoms. The SMILES string of the molecule is O=C(OC(C(=O)Oc1ccccc1)C(O)C(=O)Oc1ccccc1)c1ccccc1. The number of carbonyl (C=O) groups excluding carboxylic acids is 3. The Morgan fingerprint density at radius 3 is 1.57 bits per heavy atom. The quantitative estimate of drug-likeness (QED) is 0.476. The van der Waals surface area contributed by atoms with Crippen LogP contribution in [0, 0.1) is 0 Å². The van der Waals surface area contributed by atoms with Crippen LogP contribution in [0.3, 0.4) is 0 Å². The van der Waals surface area contributed by atoms with E-state index in [4.69, 9.17) is 14.2 Å². The number of rotatable bonds is 7. The molecule has 3 rings (SSSR count). The van der Waals surface area contributed by atoms with Gasteiger partial charge in [-0.2, -0.15) is 0 Å². The first kappa shape index (κ1) is 20.8. The smallest absolute Gasteiger partial charge is 0.356 e. The van der Waals surface area contributed by atoms with Gasteiger partial charge in [-0.25, -0.2) is 14.4 Å². The molecule has 0 amide bonds. The number of benzene rings is 3. The van der Waals surface area contributed by atoms with Crippen LogP contribution in [-0.4, -0.2) is 35.2 Å². The van der Waals surface area contributed by atoms with Crippen molar-refractivity contribution in [2.75, 3.05) is 0 Å². The van der Waals surface area contributed by atoms with Crippen molar-refractivity contribution in [1.82, 2.24) is 0 Å². The summed E-state index contributed by atoms with van der Waals surface area (Å²) in [5, 5.41) is 10.4. The minimum atomic E-state index is -2.10. The van der Waals surface area contributed by atoms with Crippen molar-refractivity contribution in [1.29, 1.82) is 0 Å². The summed E-state index contributed by atoms with van der Waals surface area (Å²) in [7, 11) is 0. The molecule has 0 heterocycles. The van der Waals surface area contributed by atoms with E-state index in [1.165, 1.54) is 36.4 Å². The zero-order valence-corrected chi connectivity index (χ0v) is 15.7. The predicted molar refractivity (Wildman–Crippen MR) is 106 cm³/mol. The molecule has 0 radical (unpaired) electrons. The highest BCUT2D eigenvalue weighted by molar-refractivity contribution is 5.94. The Hall–Kier alpha value is -3.97. The Morgan fingerprint density at radius 1 is 0.633 bits per heavy atom. The largest absolute Gasteiger partial charge is 0.443 e. The van der Waals surface area contributed by atoms with Crippen molar-refractivity contribution >= 4 is 17.9 Å². The van der Waals surface area contributed by atoms with Gasteiger partial charge < -0.3 is 19.3 Å². The monoisotopic (exact) mass is 406 g/mol. The van der Waals surface area contributed by atoms with Gasteiger partial charge in [0.1, 0.15) is 11.5 Å². The lowest BCUT2D eigenvalue weighted by Gasteiger charge is -2.20. The second-order valence-electron chi connectivity index (χ2n) is 6.11. The molecule has 0 aliphatic carbocycles. The van der Waals surface area contributed by atoms with Gasteiger partial charge in [0.2, 0.25) is 12.2 Å². The van der Waals surface area contributed by atoms with Crippen molar-refractivity contribution in [2.45, 2.75) is 12.2 Å². The molecule has 152 valence electrons. The number of aliphatic hydroxyl groups is 1. The van der Waals surface area contributed by atoms with Gasteiger partial charge in [0, 0.05) is 0 Å². The maximum Gasteiger partial charge on any atom is 0.356 e. The summed E-state index contributed by atoms with van der Waals surface area (Å²) in [5.74, 6) is -2.88. The molecule has 7 nitrogen and oxygen atoms in total. The highest BCUT2D eigenvalue weighted by atomic mass is 16.6. The van der Waals surface area contributed by atoms with Crippen LogP contribution in [0.25, 0.3) is 0 Å². The lowest BCUT2D eigenvalue weighted by molar-refractivity contribution is -0.163. The minimum absolute atomic E-state index is 0.138. The van der Waals surface area contributed by atoms with Crippen molar-refractivity contribution in [3.63, 3.8) is 0 Å². The molecule has 0 aliphatic heterocycles. The van der Waals surface area contributed by atoms with Gasteiger partial charge in [0.05, 0.1) is 5.56 Å². The molecule has 30 heavy (non-hydrogen) atoms. The molecular weight excluding hydrogens is 388 g/mol. The third-order valence-corrected chi connectivity index (χ3v) is 3.93. The molecule has 0 aliphatic rings. The van der Waals surface area contributed by atoms with Gasteiger partial charge >= 0.3 is 17.9 Å². The molecule has 0 spiro atoms. The lowest BCUT2D eigenvalue weighted by atomic mass is 10.2. The second kappa shape index (κ2) is 9.99. The summed E-state index contributed by atoms with van der Waals surface area (Å²) < 4.78 is 15.3. The van der Waals surface area contributed by atoms with E-state index in [1.54, 1.807) is 54.6 Å². The fourth-order valence-electron chi connectivity index (χ4n) is 2.45. The van der Waals surface area contributed by atoms with Gasteiger partial charge in [-0.1, -0.05) is 54.6 Å². The van der Waals surface area contributed by atoms with Crippen LogP contribution in [0.4, 0.5) is 0 Å². The Kier molecular flexibility index (Phi) is 6.91. The lowest BCUT2D eigenvalue weighted by Crippen LogP contribution is -2.46. The van der Waals surface area contributed by atoms with Gasteiger partial charge in [-0.15, -0.1) is 0 Å². The average molecular weight is 406 g/mol. The number of para-hydroxylation sites is 2.